The van der Waals surface area contributed by atoms with E-state index >= 15 is 0 Å². The first-order chi connectivity index (χ1) is 10.1. The van der Waals surface area contributed by atoms with Crippen molar-refractivity contribution in [3.8, 4) is 0 Å². The standard InChI is InChI=1S/C16H20N4O.2ClH/c1-11-2-3-13(17)10-14(11)16(21)20-8-5-12(6-9-20)15-4-7-18-19-15;;/h2-4,7,10,12H,5-6,8-9,17H2,1H3,(H,18,19);2*1H. The Bertz CT molecular complexity index is 638. The van der Waals surface area contributed by atoms with E-state index in [2.05, 4.69) is 10.2 Å². The Hall–Kier alpha value is -1.72. The minimum atomic E-state index is 0. The van der Waals surface area contributed by atoms with Crippen LogP contribution in [0.5, 0.6) is 0 Å². The number of hydrogen-bond acceptors (Lipinski definition) is 3. The minimum Gasteiger partial charge on any atom is -0.399 e. The molecule has 2 heterocycles. The summed E-state index contributed by atoms with van der Waals surface area (Å²) in [6.07, 6.45) is 3.72. The van der Waals surface area contributed by atoms with Gasteiger partial charge in [-0.05, 0) is 43.5 Å². The number of halogens is 2. The summed E-state index contributed by atoms with van der Waals surface area (Å²) < 4.78 is 0. The molecule has 1 saturated heterocycles. The lowest BCUT2D eigenvalue weighted by Gasteiger charge is -2.32. The number of nitrogen functional groups attached to an aromatic ring is 1. The number of aromatic amines is 1. The molecule has 0 aliphatic carbocycles. The van der Waals surface area contributed by atoms with Crippen molar-refractivity contribution in [3.63, 3.8) is 0 Å². The maximum Gasteiger partial charge on any atom is 0.254 e. The van der Waals surface area contributed by atoms with E-state index in [4.69, 9.17) is 5.73 Å². The number of aromatic nitrogens is 2. The molecule has 1 fully saturated rings. The summed E-state index contributed by atoms with van der Waals surface area (Å²) in [5.41, 5.74) is 9.30. The second kappa shape index (κ2) is 8.22. The predicted molar refractivity (Wildman–Crippen MR) is 96.6 cm³/mol. The zero-order valence-corrected chi connectivity index (χ0v) is 14.6. The largest absolute Gasteiger partial charge is 0.399 e. The van der Waals surface area contributed by atoms with Gasteiger partial charge in [0.05, 0.1) is 0 Å². The number of carbonyl (C=O) groups is 1. The molecule has 0 spiro atoms. The summed E-state index contributed by atoms with van der Waals surface area (Å²) >= 11 is 0. The molecular weight excluding hydrogens is 335 g/mol. The molecule has 5 nitrogen and oxygen atoms in total. The van der Waals surface area contributed by atoms with E-state index < -0.39 is 0 Å². The summed E-state index contributed by atoms with van der Waals surface area (Å²) in [4.78, 5) is 14.5. The van der Waals surface area contributed by atoms with Crippen molar-refractivity contribution in [1.82, 2.24) is 15.1 Å². The molecule has 126 valence electrons. The molecule has 1 aromatic heterocycles. The first kappa shape index (κ1) is 19.3. The van der Waals surface area contributed by atoms with Crippen LogP contribution in [0, 0.1) is 6.92 Å². The van der Waals surface area contributed by atoms with Gasteiger partial charge in [-0.3, -0.25) is 9.89 Å². The number of nitrogens with two attached hydrogens (primary N) is 1. The van der Waals surface area contributed by atoms with E-state index in [1.165, 1.54) is 5.69 Å². The monoisotopic (exact) mass is 356 g/mol. The second-order valence-corrected chi connectivity index (χ2v) is 5.65. The topological polar surface area (TPSA) is 75.0 Å². The van der Waals surface area contributed by atoms with Gasteiger partial charge in [-0.1, -0.05) is 6.07 Å². The summed E-state index contributed by atoms with van der Waals surface area (Å²) in [5.74, 6) is 0.557. The number of nitrogens with one attached hydrogen (secondary N) is 1. The average molecular weight is 357 g/mol. The molecule has 23 heavy (non-hydrogen) atoms. The molecule has 0 radical (unpaired) electrons. The van der Waals surface area contributed by atoms with Gasteiger partial charge in [0.2, 0.25) is 0 Å². The first-order valence-electron chi connectivity index (χ1n) is 7.30. The Morgan fingerprint density at radius 3 is 2.57 bits per heavy atom. The number of likely N-dealkylation sites (tertiary alicyclic amines) is 1. The normalized spacial score (nSPS) is 14.7. The molecule has 1 aliphatic rings. The van der Waals surface area contributed by atoms with Crippen LogP contribution in [-0.4, -0.2) is 34.1 Å². The van der Waals surface area contributed by atoms with Crippen LogP contribution in [-0.2, 0) is 0 Å². The number of piperidine rings is 1. The Kier molecular flexibility index (Phi) is 6.91. The van der Waals surface area contributed by atoms with Crippen molar-refractivity contribution in [1.29, 1.82) is 0 Å². The van der Waals surface area contributed by atoms with Gasteiger partial charge in [0, 0.05) is 42.1 Å². The second-order valence-electron chi connectivity index (χ2n) is 5.65. The number of H-pyrrole nitrogens is 1. The molecule has 3 N–H and O–H groups in total. The lowest BCUT2D eigenvalue weighted by molar-refractivity contribution is 0.0711. The molecule has 0 atom stereocenters. The van der Waals surface area contributed by atoms with Gasteiger partial charge < -0.3 is 10.6 Å². The van der Waals surface area contributed by atoms with Gasteiger partial charge in [-0.25, -0.2) is 0 Å². The molecule has 1 aliphatic heterocycles. The van der Waals surface area contributed by atoms with Gasteiger partial charge >= 0.3 is 0 Å². The smallest absolute Gasteiger partial charge is 0.254 e. The molecule has 0 saturated carbocycles. The van der Waals surface area contributed by atoms with Gasteiger partial charge in [-0.15, -0.1) is 24.8 Å². The van der Waals surface area contributed by atoms with E-state index in [-0.39, 0.29) is 30.7 Å². The summed E-state index contributed by atoms with van der Waals surface area (Å²) in [7, 11) is 0. The van der Waals surface area contributed by atoms with E-state index in [1.54, 1.807) is 12.3 Å². The van der Waals surface area contributed by atoms with Crippen molar-refractivity contribution < 1.29 is 4.79 Å². The number of benzene rings is 1. The predicted octanol–water partition coefficient (Wildman–Crippen LogP) is 3.16. The SMILES string of the molecule is Cc1ccc(N)cc1C(=O)N1CCC(c2ccn[nH]2)CC1.Cl.Cl. The molecule has 3 rings (SSSR count). The average Bonchev–Trinajstić information content (AvgIpc) is 3.03. The fourth-order valence-electron chi connectivity index (χ4n) is 2.93. The summed E-state index contributed by atoms with van der Waals surface area (Å²) in [6, 6.07) is 7.53. The number of carbonyl (C=O) groups excluding carboxylic acids is 1. The Morgan fingerprint density at radius 1 is 1.26 bits per heavy atom. The highest BCUT2D eigenvalue weighted by Crippen LogP contribution is 2.27. The van der Waals surface area contributed by atoms with E-state index in [1.807, 2.05) is 30.0 Å². The van der Waals surface area contributed by atoms with Gasteiger partial charge in [0.25, 0.3) is 5.91 Å². The highest BCUT2D eigenvalue weighted by Gasteiger charge is 2.25. The molecule has 1 aromatic carbocycles. The van der Waals surface area contributed by atoms with Gasteiger partial charge in [-0.2, -0.15) is 5.10 Å². The van der Waals surface area contributed by atoms with E-state index in [9.17, 15) is 4.79 Å². The first-order valence-corrected chi connectivity index (χ1v) is 7.30. The quantitative estimate of drug-likeness (QED) is 0.811. The number of hydrogen-bond donors (Lipinski definition) is 2. The number of rotatable bonds is 2. The van der Waals surface area contributed by atoms with Crippen molar-refractivity contribution >= 4 is 36.4 Å². The van der Waals surface area contributed by atoms with Crippen LogP contribution in [0.1, 0.15) is 40.4 Å². The summed E-state index contributed by atoms with van der Waals surface area (Å²) in [6.45, 7) is 3.50. The molecule has 2 aromatic rings. The lowest BCUT2D eigenvalue weighted by Crippen LogP contribution is -2.38. The number of amides is 1. The Labute approximate surface area is 148 Å². The third kappa shape index (κ3) is 4.18. The van der Waals surface area contributed by atoms with E-state index in [0.29, 0.717) is 11.6 Å². The lowest BCUT2D eigenvalue weighted by atomic mass is 9.93. The molecule has 0 unspecified atom stereocenters. The van der Waals surface area contributed by atoms with Crippen molar-refractivity contribution in [2.45, 2.75) is 25.7 Å². The summed E-state index contributed by atoms with van der Waals surface area (Å²) in [5, 5.41) is 7.03. The Balaban J connectivity index is 0.00000132. The number of nitrogens with zero attached hydrogens (tertiary/aromatic N) is 2. The molecule has 7 heteroatoms. The van der Waals surface area contributed by atoms with Crippen LogP contribution in [0.15, 0.2) is 30.5 Å². The zero-order chi connectivity index (χ0) is 14.8. The number of anilines is 1. The van der Waals surface area contributed by atoms with Crippen LogP contribution < -0.4 is 5.73 Å². The van der Waals surface area contributed by atoms with Crippen molar-refractivity contribution in [2.75, 3.05) is 18.8 Å². The van der Waals surface area contributed by atoms with Gasteiger partial charge in [0.15, 0.2) is 0 Å². The maximum atomic E-state index is 12.6. The zero-order valence-electron chi connectivity index (χ0n) is 13.0. The molecule has 0 bridgehead atoms. The number of aryl methyl sites for hydroxylation is 1. The van der Waals surface area contributed by atoms with Crippen molar-refractivity contribution in [2.24, 2.45) is 0 Å². The molecule has 1 amide bonds. The highest BCUT2D eigenvalue weighted by molar-refractivity contribution is 5.96. The van der Waals surface area contributed by atoms with Gasteiger partial charge in [0.1, 0.15) is 0 Å². The van der Waals surface area contributed by atoms with Crippen LogP contribution in [0.4, 0.5) is 5.69 Å². The van der Waals surface area contributed by atoms with Crippen LogP contribution in [0.25, 0.3) is 0 Å². The molecular formula is C16H22Cl2N4O. The minimum absolute atomic E-state index is 0. The fraction of sp³-hybridized carbons (Fsp3) is 0.375. The maximum absolute atomic E-state index is 12.6. The highest BCUT2D eigenvalue weighted by atomic mass is 35.5. The Morgan fingerprint density at radius 2 is 1.96 bits per heavy atom. The third-order valence-corrected chi connectivity index (χ3v) is 4.24. The van der Waals surface area contributed by atoms with Crippen LogP contribution >= 0.6 is 24.8 Å². The van der Waals surface area contributed by atoms with Crippen LogP contribution in [0.3, 0.4) is 0 Å². The fourth-order valence-corrected chi connectivity index (χ4v) is 2.93. The van der Waals surface area contributed by atoms with Crippen molar-refractivity contribution in [3.05, 3.63) is 47.3 Å². The third-order valence-electron chi connectivity index (χ3n) is 4.24. The van der Waals surface area contributed by atoms with E-state index in [0.717, 1.165) is 37.1 Å². The van der Waals surface area contributed by atoms with Crippen LogP contribution in [0.2, 0.25) is 0 Å².